The molecule has 0 aliphatic carbocycles. The average Bonchev–Trinajstić information content (AvgIpc) is 3.17. The van der Waals surface area contributed by atoms with Gasteiger partial charge in [-0.25, -0.2) is 4.39 Å². The number of nitrogens with zero attached hydrogens (tertiary/aromatic N) is 2. The zero-order valence-electron chi connectivity index (χ0n) is 11.7. The molecule has 0 saturated carbocycles. The quantitative estimate of drug-likeness (QED) is 0.942. The van der Waals surface area contributed by atoms with Gasteiger partial charge in [0.1, 0.15) is 0 Å². The Bertz CT molecular complexity index is 642. The summed E-state index contributed by atoms with van der Waals surface area (Å²) >= 11 is 0. The normalized spacial score (nSPS) is 18.0. The number of hydrogen-bond acceptors (Lipinski definition) is 3. The van der Waals surface area contributed by atoms with Crippen LogP contribution in [0.5, 0.6) is 5.75 Å². The minimum atomic E-state index is -0.521. The van der Waals surface area contributed by atoms with E-state index >= 15 is 0 Å². The second kappa shape index (κ2) is 5.55. The van der Waals surface area contributed by atoms with Gasteiger partial charge in [-0.15, -0.1) is 0 Å². The van der Waals surface area contributed by atoms with Gasteiger partial charge >= 0.3 is 0 Å². The number of ether oxygens (including phenoxy) is 1. The number of carbonyl (C=O) groups excluding carboxylic acids is 1. The van der Waals surface area contributed by atoms with Crippen LogP contribution in [0.2, 0.25) is 0 Å². The molecule has 1 aromatic heterocycles. The minimum Gasteiger partial charge on any atom is -0.494 e. The van der Waals surface area contributed by atoms with Crippen molar-refractivity contribution in [3.63, 3.8) is 0 Å². The van der Waals surface area contributed by atoms with Crippen molar-refractivity contribution < 1.29 is 13.9 Å². The summed E-state index contributed by atoms with van der Waals surface area (Å²) in [5.41, 5.74) is 1.38. The Morgan fingerprint density at radius 3 is 3.00 bits per heavy atom. The molecule has 2 heterocycles. The number of nitrogens with one attached hydrogen (secondary N) is 1. The zero-order chi connectivity index (χ0) is 14.8. The first-order valence-electron chi connectivity index (χ1n) is 6.81. The van der Waals surface area contributed by atoms with Crippen molar-refractivity contribution in [1.29, 1.82) is 0 Å². The van der Waals surface area contributed by atoms with Crippen molar-refractivity contribution in [2.75, 3.05) is 20.2 Å². The first-order valence-corrected chi connectivity index (χ1v) is 6.81. The molecule has 1 aromatic carbocycles. The highest BCUT2D eigenvalue weighted by atomic mass is 19.1. The third-order valence-electron chi connectivity index (χ3n) is 3.84. The van der Waals surface area contributed by atoms with Crippen molar-refractivity contribution in [1.82, 2.24) is 15.1 Å². The standard InChI is InChI=1S/C15H16FN3O2/c1-21-14-3-2-10(8-12(14)16)15(20)19-7-5-11(9-19)13-4-6-17-18-13/h2-4,6,8,11H,5,7,9H2,1H3,(H,17,18)/t11-/m0/s1. The van der Waals surface area contributed by atoms with Crippen LogP contribution in [0.4, 0.5) is 4.39 Å². The fourth-order valence-electron chi connectivity index (χ4n) is 2.67. The van der Waals surface area contributed by atoms with Crippen molar-refractivity contribution in [3.05, 3.63) is 47.5 Å². The molecule has 2 aromatic rings. The van der Waals surface area contributed by atoms with Gasteiger partial charge in [0.05, 0.1) is 7.11 Å². The molecule has 0 spiro atoms. The van der Waals surface area contributed by atoms with Crippen LogP contribution in [0, 0.1) is 5.82 Å². The zero-order valence-corrected chi connectivity index (χ0v) is 11.7. The lowest BCUT2D eigenvalue weighted by Crippen LogP contribution is -2.28. The number of carbonyl (C=O) groups is 1. The maximum atomic E-state index is 13.7. The van der Waals surface area contributed by atoms with E-state index in [-0.39, 0.29) is 17.6 Å². The van der Waals surface area contributed by atoms with E-state index in [1.54, 1.807) is 17.2 Å². The molecule has 110 valence electrons. The Morgan fingerprint density at radius 1 is 1.48 bits per heavy atom. The summed E-state index contributed by atoms with van der Waals surface area (Å²) in [6.07, 6.45) is 2.59. The fourth-order valence-corrected chi connectivity index (χ4v) is 2.67. The van der Waals surface area contributed by atoms with Crippen LogP contribution >= 0.6 is 0 Å². The molecule has 5 nitrogen and oxygen atoms in total. The van der Waals surface area contributed by atoms with E-state index in [0.717, 1.165) is 12.1 Å². The Balaban J connectivity index is 1.73. The van der Waals surface area contributed by atoms with Gasteiger partial charge in [-0.3, -0.25) is 9.89 Å². The highest BCUT2D eigenvalue weighted by Crippen LogP contribution is 2.27. The number of H-pyrrole nitrogens is 1. The van der Waals surface area contributed by atoms with Crippen molar-refractivity contribution >= 4 is 5.91 Å². The van der Waals surface area contributed by atoms with E-state index < -0.39 is 5.82 Å². The number of likely N-dealkylation sites (tertiary alicyclic amines) is 1. The molecule has 3 rings (SSSR count). The molecule has 1 aliphatic rings. The summed E-state index contributed by atoms with van der Waals surface area (Å²) in [6.45, 7) is 1.28. The number of aromatic amines is 1. The number of rotatable bonds is 3. The first kappa shape index (κ1) is 13.6. The van der Waals surface area contributed by atoms with Gasteiger partial charge in [0.2, 0.25) is 0 Å². The SMILES string of the molecule is COc1ccc(C(=O)N2CC[C@H](c3ccn[nH]3)C2)cc1F. The van der Waals surface area contributed by atoms with E-state index in [2.05, 4.69) is 10.2 Å². The number of halogens is 1. The molecule has 21 heavy (non-hydrogen) atoms. The highest BCUT2D eigenvalue weighted by molar-refractivity contribution is 5.94. The van der Waals surface area contributed by atoms with E-state index in [1.807, 2.05) is 6.07 Å². The average molecular weight is 289 g/mol. The van der Waals surface area contributed by atoms with Crippen LogP contribution in [0.25, 0.3) is 0 Å². The Labute approximate surface area is 121 Å². The first-order chi connectivity index (χ1) is 10.2. The maximum absolute atomic E-state index is 13.7. The molecule has 1 fully saturated rings. The smallest absolute Gasteiger partial charge is 0.253 e. The van der Waals surface area contributed by atoms with Crippen LogP contribution in [-0.4, -0.2) is 41.2 Å². The van der Waals surface area contributed by atoms with Gasteiger partial charge in [0.15, 0.2) is 11.6 Å². The summed E-state index contributed by atoms with van der Waals surface area (Å²) < 4.78 is 18.5. The van der Waals surface area contributed by atoms with Crippen LogP contribution in [0.15, 0.2) is 30.5 Å². The van der Waals surface area contributed by atoms with Crippen LogP contribution < -0.4 is 4.74 Å². The van der Waals surface area contributed by atoms with E-state index in [4.69, 9.17) is 4.74 Å². The van der Waals surface area contributed by atoms with Crippen LogP contribution in [0.3, 0.4) is 0 Å². The molecule has 6 heteroatoms. The number of hydrogen-bond donors (Lipinski definition) is 1. The Morgan fingerprint density at radius 2 is 2.33 bits per heavy atom. The summed E-state index contributed by atoms with van der Waals surface area (Å²) in [4.78, 5) is 14.1. The molecule has 1 saturated heterocycles. The molecule has 1 atom stereocenters. The van der Waals surface area contributed by atoms with Gasteiger partial charge in [-0.2, -0.15) is 5.10 Å². The van der Waals surface area contributed by atoms with Gasteiger partial charge < -0.3 is 9.64 Å². The topological polar surface area (TPSA) is 58.2 Å². The van der Waals surface area contributed by atoms with Gasteiger partial charge in [-0.05, 0) is 30.7 Å². The number of amides is 1. The summed E-state index contributed by atoms with van der Waals surface area (Å²) in [5.74, 6) is -0.269. The van der Waals surface area contributed by atoms with Crippen molar-refractivity contribution in [2.24, 2.45) is 0 Å². The predicted octanol–water partition coefficient (Wildman–Crippen LogP) is 2.19. The molecule has 1 N–H and O–H groups in total. The number of aromatic nitrogens is 2. The van der Waals surface area contributed by atoms with Crippen molar-refractivity contribution in [3.8, 4) is 5.75 Å². The van der Waals surface area contributed by atoms with Gasteiger partial charge in [0.25, 0.3) is 5.91 Å². The third-order valence-corrected chi connectivity index (χ3v) is 3.84. The van der Waals surface area contributed by atoms with Crippen LogP contribution in [0.1, 0.15) is 28.4 Å². The molecular weight excluding hydrogens is 273 g/mol. The lowest BCUT2D eigenvalue weighted by molar-refractivity contribution is 0.0790. The molecule has 1 aliphatic heterocycles. The summed E-state index contributed by atoms with van der Waals surface area (Å²) in [6, 6.07) is 6.22. The molecular formula is C15H16FN3O2. The second-order valence-electron chi connectivity index (χ2n) is 5.10. The van der Waals surface area contributed by atoms with Crippen LogP contribution in [-0.2, 0) is 0 Å². The Kier molecular flexibility index (Phi) is 3.60. The molecule has 1 amide bonds. The largest absolute Gasteiger partial charge is 0.494 e. The van der Waals surface area contributed by atoms with Gasteiger partial charge in [-0.1, -0.05) is 0 Å². The lowest BCUT2D eigenvalue weighted by atomic mass is 10.1. The monoisotopic (exact) mass is 289 g/mol. The second-order valence-corrected chi connectivity index (χ2v) is 5.10. The lowest BCUT2D eigenvalue weighted by Gasteiger charge is -2.16. The molecule has 0 radical (unpaired) electrons. The van der Waals surface area contributed by atoms with E-state index in [9.17, 15) is 9.18 Å². The van der Waals surface area contributed by atoms with E-state index in [0.29, 0.717) is 18.7 Å². The minimum absolute atomic E-state index is 0.142. The van der Waals surface area contributed by atoms with Gasteiger partial charge in [0, 0.05) is 36.5 Å². The Hall–Kier alpha value is -2.37. The predicted molar refractivity (Wildman–Crippen MR) is 74.8 cm³/mol. The molecule has 0 unspecified atom stereocenters. The summed E-state index contributed by atoms with van der Waals surface area (Å²) in [7, 11) is 1.40. The fraction of sp³-hybridized carbons (Fsp3) is 0.333. The maximum Gasteiger partial charge on any atom is 0.253 e. The molecule has 0 bridgehead atoms. The number of methoxy groups -OCH3 is 1. The number of benzene rings is 1. The van der Waals surface area contributed by atoms with Crippen molar-refractivity contribution in [2.45, 2.75) is 12.3 Å². The highest BCUT2D eigenvalue weighted by Gasteiger charge is 2.29. The van der Waals surface area contributed by atoms with E-state index in [1.165, 1.54) is 19.2 Å². The third kappa shape index (κ3) is 2.61. The summed E-state index contributed by atoms with van der Waals surface area (Å²) in [5, 5.41) is 6.87.